The molecule has 90 valence electrons. The highest BCUT2D eigenvalue weighted by Gasteiger charge is 2.19. The highest BCUT2D eigenvalue weighted by Crippen LogP contribution is 2.10. The van der Waals surface area contributed by atoms with Crippen molar-refractivity contribution in [1.29, 1.82) is 0 Å². The third kappa shape index (κ3) is 6.15. The third-order valence-corrected chi connectivity index (χ3v) is 3.04. The number of amides is 1. The van der Waals surface area contributed by atoms with Crippen molar-refractivity contribution < 1.29 is 9.53 Å². The molecule has 0 saturated carbocycles. The Morgan fingerprint density at radius 2 is 2.00 bits per heavy atom. The molecule has 0 aromatic heterocycles. The van der Waals surface area contributed by atoms with Crippen LogP contribution in [-0.4, -0.2) is 31.0 Å². The lowest BCUT2D eigenvalue weighted by molar-refractivity contribution is -0.126. The first-order chi connectivity index (χ1) is 7.02. The number of nitrogens with one attached hydrogen (secondary N) is 1. The standard InChI is InChI=1S/C11H22BrNO2/c1-8(2)9(3)11(14)13-10(5-6-12)7-15-4/h8-10H,5-7H2,1-4H3,(H,13,14). The highest BCUT2D eigenvalue weighted by molar-refractivity contribution is 9.09. The van der Waals surface area contributed by atoms with Crippen LogP contribution in [0.25, 0.3) is 0 Å². The summed E-state index contributed by atoms with van der Waals surface area (Å²) < 4.78 is 5.06. The van der Waals surface area contributed by atoms with Gasteiger partial charge in [-0.05, 0) is 12.3 Å². The molecule has 0 aromatic rings. The Morgan fingerprint density at radius 3 is 2.40 bits per heavy atom. The van der Waals surface area contributed by atoms with Crippen molar-refractivity contribution in [2.45, 2.75) is 33.2 Å². The number of carbonyl (C=O) groups excluding carboxylic acids is 1. The Bertz CT molecular complexity index is 179. The van der Waals surface area contributed by atoms with E-state index in [0.717, 1.165) is 11.8 Å². The Morgan fingerprint density at radius 1 is 1.40 bits per heavy atom. The van der Waals surface area contributed by atoms with Crippen LogP contribution < -0.4 is 5.32 Å². The summed E-state index contributed by atoms with van der Waals surface area (Å²) in [4.78, 5) is 11.8. The summed E-state index contributed by atoms with van der Waals surface area (Å²) in [5, 5.41) is 3.88. The minimum Gasteiger partial charge on any atom is -0.383 e. The molecule has 0 aliphatic carbocycles. The van der Waals surface area contributed by atoms with Gasteiger partial charge in [-0.25, -0.2) is 0 Å². The molecule has 0 heterocycles. The largest absolute Gasteiger partial charge is 0.383 e. The van der Waals surface area contributed by atoms with E-state index in [9.17, 15) is 4.79 Å². The summed E-state index contributed by atoms with van der Waals surface area (Å²) in [6.07, 6.45) is 0.893. The summed E-state index contributed by atoms with van der Waals surface area (Å²) in [7, 11) is 1.65. The molecule has 0 aliphatic rings. The SMILES string of the molecule is COCC(CCBr)NC(=O)C(C)C(C)C. The number of ether oxygens (including phenoxy) is 1. The van der Waals surface area contributed by atoms with Gasteiger partial charge in [0.25, 0.3) is 0 Å². The fraction of sp³-hybridized carbons (Fsp3) is 0.909. The van der Waals surface area contributed by atoms with Gasteiger partial charge in [-0.3, -0.25) is 4.79 Å². The fourth-order valence-electron chi connectivity index (χ4n) is 1.17. The van der Waals surface area contributed by atoms with Crippen LogP contribution in [0.1, 0.15) is 27.2 Å². The minimum absolute atomic E-state index is 0.0553. The lowest BCUT2D eigenvalue weighted by Gasteiger charge is -2.21. The van der Waals surface area contributed by atoms with E-state index in [2.05, 4.69) is 35.1 Å². The molecular formula is C11H22BrNO2. The van der Waals surface area contributed by atoms with Gasteiger partial charge in [0.15, 0.2) is 0 Å². The molecule has 2 unspecified atom stereocenters. The summed E-state index contributed by atoms with van der Waals surface area (Å²) in [5.41, 5.74) is 0. The van der Waals surface area contributed by atoms with Gasteiger partial charge < -0.3 is 10.1 Å². The van der Waals surface area contributed by atoms with Gasteiger partial charge in [0.2, 0.25) is 5.91 Å². The van der Waals surface area contributed by atoms with Crippen LogP contribution in [0.4, 0.5) is 0 Å². The van der Waals surface area contributed by atoms with Crippen LogP contribution in [0.5, 0.6) is 0 Å². The first-order valence-electron chi connectivity index (χ1n) is 5.38. The second-order valence-corrected chi connectivity index (χ2v) is 4.96. The average Bonchev–Trinajstić information content (AvgIpc) is 2.17. The number of alkyl halides is 1. The van der Waals surface area contributed by atoms with Crippen molar-refractivity contribution in [2.24, 2.45) is 11.8 Å². The molecule has 15 heavy (non-hydrogen) atoms. The van der Waals surface area contributed by atoms with Crippen molar-refractivity contribution in [3.63, 3.8) is 0 Å². The lowest BCUT2D eigenvalue weighted by atomic mass is 9.97. The smallest absolute Gasteiger partial charge is 0.223 e. The molecule has 0 saturated heterocycles. The molecule has 2 atom stereocenters. The molecule has 0 bridgehead atoms. The van der Waals surface area contributed by atoms with E-state index < -0.39 is 0 Å². The number of hydrogen-bond donors (Lipinski definition) is 1. The second-order valence-electron chi connectivity index (χ2n) is 4.17. The molecule has 4 heteroatoms. The number of rotatable bonds is 7. The van der Waals surface area contributed by atoms with Gasteiger partial charge in [0, 0.05) is 18.4 Å². The highest BCUT2D eigenvalue weighted by atomic mass is 79.9. The fourth-order valence-corrected chi connectivity index (χ4v) is 1.72. The van der Waals surface area contributed by atoms with Crippen LogP contribution in [0.3, 0.4) is 0 Å². The maximum absolute atomic E-state index is 11.8. The van der Waals surface area contributed by atoms with Crippen molar-refractivity contribution in [2.75, 3.05) is 19.0 Å². The van der Waals surface area contributed by atoms with Gasteiger partial charge in [0.05, 0.1) is 12.6 Å². The number of hydrogen-bond acceptors (Lipinski definition) is 2. The zero-order valence-corrected chi connectivity index (χ0v) is 11.6. The van der Waals surface area contributed by atoms with E-state index in [1.807, 2.05) is 6.92 Å². The van der Waals surface area contributed by atoms with Crippen molar-refractivity contribution in [1.82, 2.24) is 5.32 Å². The molecule has 0 aliphatic heterocycles. The monoisotopic (exact) mass is 279 g/mol. The molecule has 0 fully saturated rings. The second kappa shape index (κ2) is 8.11. The van der Waals surface area contributed by atoms with E-state index >= 15 is 0 Å². The van der Waals surface area contributed by atoms with E-state index in [1.165, 1.54) is 0 Å². The Kier molecular flexibility index (Phi) is 8.06. The maximum atomic E-state index is 11.8. The van der Waals surface area contributed by atoms with E-state index in [-0.39, 0.29) is 17.9 Å². The summed E-state index contributed by atoms with van der Waals surface area (Å²) in [6, 6.07) is 0.114. The molecule has 0 aromatic carbocycles. The van der Waals surface area contributed by atoms with E-state index in [4.69, 9.17) is 4.74 Å². The molecule has 3 nitrogen and oxygen atoms in total. The number of methoxy groups -OCH3 is 1. The van der Waals surface area contributed by atoms with Gasteiger partial charge in [-0.15, -0.1) is 0 Å². The molecule has 0 radical (unpaired) electrons. The van der Waals surface area contributed by atoms with E-state index in [1.54, 1.807) is 7.11 Å². The van der Waals surface area contributed by atoms with Crippen LogP contribution in [0.2, 0.25) is 0 Å². The molecular weight excluding hydrogens is 258 g/mol. The zero-order chi connectivity index (χ0) is 11.8. The summed E-state index contributed by atoms with van der Waals surface area (Å²) >= 11 is 3.37. The predicted molar refractivity (Wildman–Crippen MR) is 66.2 cm³/mol. The van der Waals surface area contributed by atoms with Gasteiger partial charge in [-0.1, -0.05) is 36.7 Å². The van der Waals surface area contributed by atoms with Gasteiger partial charge >= 0.3 is 0 Å². The Labute approximate surface area is 101 Å². The Hall–Kier alpha value is -0.0900. The summed E-state index contributed by atoms with van der Waals surface area (Å²) in [6.45, 7) is 6.64. The van der Waals surface area contributed by atoms with E-state index in [0.29, 0.717) is 12.5 Å². The minimum atomic E-state index is 0.0553. The first kappa shape index (κ1) is 14.9. The van der Waals surface area contributed by atoms with Gasteiger partial charge in [-0.2, -0.15) is 0 Å². The summed E-state index contributed by atoms with van der Waals surface area (Å²) in [5.74, 6) is 0.546. The zero-order valence-electron chi connectivity index (χ0n) is 10.0. The van der Waals surface area contributed by atoms with Gasteiger partial charge in [0.1, 0.15) is 0 Å². The van der Waals surface area contributed by atoms with Crippen LogP contribution in [0.15, 0.2) is 0 Å². The maximum Gasteiger partial charge on any atom is 0.223 e. The van der Waals surface area contributed by atoms with Crippen molar-refractivity contribution >= 4 is 21.8 Å². The third-order valence-electron chi connectivity index (χ3n) is 2.59. The lowest BCUT2D eigenvalue weighted by Crippen LogP contribution is -2.42. The molecule has 0 rings (SSSR count). The first-order valence-corrected chi connectivity index (χ1v) is 6.50. The van der Waals surface area contributed by atoms with Crippen molar-refractivity contribution in [3.05, 3.63) is 0 Å². The molecule has 1 N–H and O–H groups in total. The number of carbonyl (C=O) groups is 1. The Balaban J connectivity index is 4.09. The van der Waals surface area contributed by atoms with Crippen LogP contribution in [0, 0.1) is 11.8 Å². The quantitative estimate of drug-likeness (QED) is 0.726. The van der Waals surface area contributed by atoms with Crippen LogP contribution >= 0.6 is 15.9 Å². The predicted octanol–water partition coefficient (Wildman–Crippen LogP) is 2.19. The topological polar surface area (TPSA) is 38.3 Å². The normalized spacial score (nSPS) is 15.1. The molecule has 0 spiro atoms. The average molecular weight is 280 g/mol. The molecule has 1 amide bonds. The van der Waals surface area contributed by atoms with Crippen molar-refractivity contribution in [3.8, 4) is 0 Å². The number of halogens is 1. The van der Waals surface area contributed by atoms with Crippen LogP contribution in [-0.2, 0) is 9.53 Å².